The van der Waals surface area contributed by atoms with Gasteiger partial charge in [0.25, 0.3) is 5.91 Å². The Balaban J connectivity index is 1.41. The molecule has 5 nitrogen and oxygen atoms in total. The van der Waals surface area contributed by atoms with Crippen LogP contribution in [0, 0.1) is 0 Å². The van der Waals surface area contributed by atoms with Crippen LogP contribution in [0.5, 0.6) is 11.5 Å². The molecule has 0 aliphatic heterocycles. The molecule has 38 heavy (non-hydrogen) atoms. The quantitative estimate of drug-likeness (QED) is 0.203. The third kappa shape index (κ3) is 6.12. The van der Waals surface area contributed by atoms with E-state index in [0.717, 1.165) is 57.5 Å². The first-order valence-corrected chi connectivity index (χ1v) is 14.3. The van der Waals surface area contributed by atoms with Crippen molar-refractivity contribution in [3.8, 4) is 11.5 Å². The molecule has 1 aliphatic carbocycles. The Labute approximate surface area is 239 Å². The van der Waals surface area contributed by atoms with E-state index in [0.29, 0.717) is 28.7 Å². The summed E-state index contributed by atoms with van der Waals surface area (Å²) in [5, 5.41) is 4.43. The zero-order valence-electron chi connectivity index (χ0n) is 20.8. The van der Waals surface area contributed by atoms with Crippen LogP contribution in [0.15, 0.2) is 76.2 Å². The normalized spacial score (nSPS) is 12.8. The van der Waals surface area contributed by atoms with Crippen LogP contribution < -0.4 is 14.8 Å². The number of aliphatic imine (C=N–C) groups is 1. The molecule has 5 rings (SSSR count). The molecular weight excluding hydrogens is 584 g/mol. The molecule has 0 fully saturated rings. The van der Waals surface area contributed by atoms with Crippen molar-refractivity contribution in [1.82, 2.24) is 0 Å². The lowest BCUT2D eigenvalue weighted by molar-refractivity contribution is 0.102. The van der Waals surface area contributed by atoms with Crippen LogP contribution in [0.25, 0.3) is 0 Å². The Bertz CT molecular complexity index is 1490. The molecule has 1 amide bonds. The van der Waals surface area contributed by atoms with Crippen molar-refractivity contribution < 1.29 is 14.3 Å². The summed E-state index contributed by atoms with van der Waals surface area (Å²) in [5.41, 5.74) is 4.36. The third-order valence-corrected chi connectivity index (χ3v) is 8.29. The summed E-state index contributed by atoms with van der Waals surface area (Å²) < 4.78 is 12.4. The van der Waals surface area contributed by atoms with Crippen molar-refractivity contribution in [1.29, 1.82) is 0 Å². The molecule has 1 aromatic heterocycles. The van der Waals surface area contributed by atoms with Gasteiger partial charge in [-0.1, -0.05) is 41.9 Å². The first kappa shape index (κ1) is 26.5. The molecule has 0 saturated carbocycles. The predicted molar refractivity (Wildman–Crippen MR) is 159 cm³/mol. The van der Waals surface area contributed by atoms with E-state index >= 15 is 0 Å². The third-order valence-electron chi connectivity index (χ3n) is 6.27. The van der Waals surface area contributed by atoms with Crippen LogP contribution in [0.2, 0.25) is 5.02 Å². The van der Waals surface area contributed by atoms with Gasteiger partial charge in [0.2, 0.25) is 0 Å². The fourth-order valence-corrected chi connectivity index (χ4v) is 6.48. The second-order valence-electron chi connectivity index (χ2n) is 8.92. The van der Waals surface area contributed by atoms with Crippen LogP contribution in [-0.4, -0.2) is 19.2 Å². The number of carbonyl (C=O) groups is 1. The summed E-state index contributed by atoms with van der Waals surface area (Å²) in [6, 6.07) is 20.9. The number of benzene rings is 3. The Morgan fingerprint density at radius 3 is 2.71 bits per heavy atom. The van der Waals surface area contributed by atoms with Crippen molar-refractivity contribution in [2.75, 3.05) is 12.4 Å². The summed E-state index contributed by atoms with van der Waals surface area (Å²) in [4.78, 5) is 19.4. The van der Waals surface area contributed by atoms with Gasteiger partial charge in [-0.2, -0.15) is 0 Å². The molecule has 8 heteroatoms. The number of methoxy groups -OCH3 is 1. The number of carbonyl (C=O) groups excluding carboxylic acids is 1. The van der Waals surface area contributed by atoms with E-state index in [4.69, 9.17) is 26.1 Å². The maximum atomic E-state index is 13.4. The number of para-hydroxylation sites is 1. The minimum Gasteiger partial charge on any atom is -0.493 e. The highest BCUT2D eigenvalue weighted by Gasteiger charge is 2.25. The lowest BCUT2D eigenvalue weighted by Crippen LogP contribution is -2.14. The van der Waals surface area contributed by atoms with E-state index in [1.807, 2.05) is 66.7 Å². The van der Waals surface area contributed by atoms with E-state index < -0.39 is 0 Å². The fraction of sp³-hybridized carbons (Fsp3) is 0.200. The number of fused-ring (bicyclic) bond motifs is 1. The maximum Gasteiger partial charge on any atom is 0.259 e. The van der Waals surface area contributed by atoms with E-state index in [1.165, 1.54) is 4.88 Å². The number of nitrogens with zero attached hydrogens (tertiary/aromatic N) is 1. The van der Waals surface area contributed by atoms with Gasteiger partial charge in [-0.05, 0) is 94.7 Å². The summed E-state index contributed by atoms with van der Waals surface area (Å²) in [6.07, 6.45) is 5.87. The van der Waals surface area contributed by atoms with Crippen LogP contribution in [0.4, 0.5) is 10.7 Å². The van der Waals surface area contributed by atoms with Gasteiger partial charge in [-0.3, -0.25) is 4.79 Å². The zero-order chi connectivity index (χ0) is 26.5. The first-order chi connectivity index (χ1) is 18.5. The highest BCUT2D eigenvalue weighted by atomic mass is 79.9. The molecule has 0 bridgehead atoms. The number of ether oxygens (including phenoxy) is 2. The first-order valence-electron chi connectivity index (χ1n) is 12.3. The van der Waals surface area contributed by atoms with Crippen LogP contribution >= 0.6 is 38.9 Å². The molecule has 0 atom stereocenters. The Morgan fingerprint density at radius 1 is 1.11 bits per heavy atom. The van der Waals surface area contributed by atoms with Crippen molar-refractivity contribution >= 4 is 61.7 Å². The van der Waals surface area contributed by atoms with Gasteiger partial charge in [0.15, 0.2) is 11.5 Å². The van der Waals surface area contributed by atoms with Gasteiger partial charge < -0.3 is 14.8 Å². The van der Waals surface area contributed by atoms with Crippen molar-refractivity contribution in [2.24, 2.45) is 4.99 Å². The van der Waals surface area contributed by atoms with Crippen LogP contribution in [0.3, 0.4) is 0 Å². The lowest BCUT2D eigenvalue weighted by atomic mass is 9.95. The fourth-order valence-electron chi connectivity index (χ4n) is 4.46. The summed E-state index contributed by atoms with van der Waals surface area (Å²) in [7, 11) is 1.61. The number of aryl methyl sites for hydroxylation is 1. The molecule has 3 aromatic carbocycles. The average molecular weight is 610 g/mol. The second-order valence-corrected chi connectivity index (χ2v) is 11.3. The summed E-state index contributed by atoms with van der Waals surface area (Å²) in [6.45, 7) is 0.351. The van der Waals surface area contributed by atoms with E-state index in [1.54, 1.807) is 24.7 Å². The highest BCUT2D eigenvalue weighted by Crippen LogP contribution is 2.41. The molecule has 0 unspecified atom stereocenters. The number of hydrogen-bond acceptors (Lipinski definition) is 5. The number of halogens is 2. The van der Waals surface area contributed by atoms with Crippen molar-refractivity contribution in [3.63, 3.8) is 0 Å². The number of thiophene rings is 1. The van der Waals surface area contributed by atoms with Gasteiger partial charge in [0.05, 0.1) is 17.1 Å². The minimum absolute atomic E-state index is 0.119. The van der Waals surface area contributed by atoms with E-state index in [-0.39, 0.29) is 5.91 Å². The van der Waals surface area contributed by atoms with E-state index in [2.05, 4.69) is 21.2 Å². The molecular formula is C30H26BrClN2O3S. The predicted octanol–water partition coefficient (Wildman–Crippen LogP) is 8.63. The van der Waals surface area contributed by atoms with Crippen LogP contribution in [-0.2, 0) is 19.4 Å². The number of anilines is 1. The Hall–Kier alpha value is -3.13. The van der Waals surface area contributed by atoms with E-state index in [9.17, 15) is 4.79 Å². The molecule has 1 aliphatic rings. The molecule has 4 aromatic rings. The molecule has 1 N–H and O–H groups in total. The summed E-state index contributed by atoms with van der Waals surface area (Å²) in [5.74, 6) is 1.06. The number of nitrogens with one attached hydrogen (secondary N) is 1. The number of rotatable bonds is 8. The largest absolute Gasteiger partial charge is 0.493 e. The monoisotopic (exact) mass is 608 g/mol. The number of hydrogen-bond donors (Lipinski definition) is 1. The molecule has 0 radical (unpaired) electrons. The average Bonchev–Trinajstić information content (AvgIpc) is 3.30. The Morgan fingerprint density at radius 2 is 1.92 bits per heavy atom. The van der Waals surface area contributed by atoms with Gasteiger partial charge in [0, 0.05) is 21.8 Å². The minimum atomic E-state index is -0.119. The Kier molecular flexibility index (Phi) is 8.47. The number of amides is 1. The van der Waals surface area contributed by atoms with Gasteiger partial charge in [-0.25, -0.2) is 4.99 Å². The maximum absolute atomic E-state index is 13.4. The second kappa shape index (κ2) is 12.2. The van der Waals surface area contributed by atoms with Crippen LogP contribution in [0.1, 0.15) is 44.8 Å². The molecule has 1 heterocycles. The highest BCUT2D eigenvalue weighted by molar-refractivity contribution is 9.10. The smallest absolute Gasteiger partial charge is 0.259 e. The topological polar surface area (TPSA) is 59.9 Å². The summed E-state index contributed by atoms with van der Waals surface area (Å²) >= 11 is 11.3. The van der Waals surface area contributed by atoms with Gasteiger partial charge in [-0.15, -0.1) is 11.3 Å². The molecule has 194 valence electrons. The van der Waals surface area contributed by atoms with Crippen molar-refractivity contribution in [3.05, 3.63) is 103 Å². The van der Waals surface area contributed by atoms with Gasteiger partial charge >= 0.3 is 0 Å². The lowest BCUT2D eigenvalue weighted by Gasteiger charge is -2.14. The molecule has 0 saturated heterocycles. The van der Waals surface area contributed by atoms with Gasteiger partial charge in [0.1, 0.15) is 11.6 Å². The molecule has 0 spiro atoms. The van der Waals surface area contributed by atoms with Crippen molar-refractivity contribution in [2.45, 2.75) is 32.3 Å². The zero-order valence-corrected chi connectivity index (χ0v) is 24.0. The standard InChI is InChI=1S/C30H26BrClN2O3S/c1-36-25-16-20(15-24(31)28(25)37-18-19-8-7-9-21(32)14-19)17-33-30-27(23-12-5-6-13-26(23)38-30)29(35)34-22-10-3-2-4-11-22/h2-4,7-11,14-17H,5-6,12-13,18H2,1H3,(H,34,35). The SMILES string of the molecule is COc1cc(C=Nc2sc3c(c2C(=O)Nc2ccccc2)CCCC3)cc(Br)c1OCc1cccc(Cl)c1.